The zero-order valence-electron chi connectivity index (χ0n) is 11.0. The molecule has 2 aromatic rings. The van der Waals surface area contributed by atoms with Gasteiger partial charge in [0.25, 0.3) is 0 Å². The quantitative estimate of drug-likeness (QED) is 0.846. The van der Waals surface area contributed by atoms with Gasteiger partial charge in [-0.25, -0.2) is 14.1 Å². The minimum absolute atomic E-state index is 0.324. The number of hydrogen-bond donors (Lipinski definition) is 0. The first-order valence-corrected chi connectivity index (χ1v) is 6.29. The second kappa shape index (κ2) is 5.61. The summed E-state index contributed by atoms with van der Waals surface area (Å²) < 4.78 is 15.6. The number of rotatable bonds is 4. The second-order valence-corrected chi connectivity index (χ2v) is 4.23. The molecule has 0 saturated heterocycles. The van der Waals surface area contributed by atoms with Crippen LogP contribution in [-0.4, -0.2) is 14.8 Å². The highest BCUT2D eigenvalue weighted by atomic mass is 19.1. The number of nitriles is 1. The van der Waals surface area contributed by atoms with E-state index in [9.17, 15) is 4.39 Å². The summed E-state index contributed by atoms with van der Waals surface area (Å²) in [5.41, 5.74) is 0.839. The van der Waals surface area contributed by atoms with Crippen molar-refractivity contribution in [2.75, 3.05) is 0 Å². The van der Waals surface area contributed by atoms with E-state index in [-0.39, 0.29) is 5.82 Å². The predicted molar refractivity (Wildman–Crippen MR) is 69.0 cm³/mol. The molecule has 0 aliphatic rings. The summed E-state index contributed by atoms with van der Waals surface area (Å²) in [7, 11) is 0. The van der Waals surface area contributed by atoms with E-state index in [2.05, 4.69) is 10.1 Å². The summed E-state index contributed by atoms with van der Waals surface area (Å²) in [6.45, 7) is 4.32. The maximum atomic E-state index is 13.8. The molecule has 5 heteroatoms. The van der Waals surface area contributed by atoms with Gasteiger partial charge in [-0.15, -0.1) is 0 Å². The first-order valence-electron chi connectivity index (χ1n) is 6.29. The fourth-order valence-corrected chi connectivity index (χ4v) is 1.87. The van der Waals surface area contributed by atoms with Crippen LogP contribution in [-0.2, 0) is 19.4 Å². The summed E-state index contributed by atoms with van der Waals surface area (Å²) >= 11 is 0. The Labute approximate surface area is 111 Å². The largest absolute Gasteiger partial charge is 0.245 e. The average Bonchev–Trinajstić information content (AvgIpc) is 2.83. The van der Waals surface area contributed by atoms with Gasteiger partial charge in [0.1, 0.15) is 11.6 Å². The van der Waals surface area contributed by atoms with E-state index in [4.69, 9.17) is 5.26 Å². The molecule has 0 saturated carbocycles. The van der Waals surface area contributed by atoms with Gasteiger partial charge in [0, 0.05) is 18.4 Å². The van der Waals surface area contributed by atoms with Crippen LogP contribution < -0.4 is 0 Å². The standard InChI is InChI=1S/C14H15FN4/c1-3-13-17-14(4-2)19(18-13)9-11-6-5-10(8-16)7-12(11)15/h5-7H,3-4,9H2,1-2H3. The van der Waals surface area contributed by atoms with E-state index in [1.54, 1.807) is 16.8 Å². The lowest BCUT2D eigenvalue weighted by Crippen LogP contribution is -2.08. The van der Waals surface area contributed by atoms with E-state index >= 15 is 0 Å². The maximum Gasteiger partial charge on any atom is 0.150 e. The molecule has 1 heterocycles. The molecule has 0 fully saturated rings. The van der Waals surface area contributed by atoms with Crippen LogP contribution in [0.4, 0.5) is 4.39 Å². The van der Waals surface area contributed by atoms with E-state index in [1.165, 1.54) is 6.07 Å². The molecule has 0 N–H and O–H groups in total. The van der Waals surface area contributed by atoms with Crippen LogP contribution in [0.1, 0.15) is 36.6 Å². The number of aromatic nitrogens is 3. The maximum absolute atomic E-state index is 13.8. The van der Waals surface area contributed by atoms with Gasteiger partial charge in [0.2, 0.25) is 0 Å². The van der Waals surface area contributed by atoms with E-state index in [1.807, 2.05) is 19.9 Å². The summed E-state index contributed by atoms with van der Waals surface area (Å²) in [5, 5.41) is 13.1. The molecule has 0 bridgehead atoms. The number of benzene rings is 1. The predicted octanol–water partition coefficient (Wildman–Crippen LogP) is 2.46. The van der Waals surface area contributed by atoms with E-state index < -0.39 is 0 Å². The fourth-order valence-electron chi connectivity index (χ4n) is 1.87. The van der Waals surface area contributed by atoms with Crippen molar-refractivity contribution >= 4 is 0 Å². The zero-order chi connectivity index (χ0) is 13.8. The summed E-state index contributed by atoms with van der Waals surface area (Å²) in [6, 6.07) is 6.41. The highest BCUT2D eigenvalue weighted by Crippen LogP contribution is 2.13. The monoisotopic (exact) mass is 258 g/mol. The Morgan fingerprint density at radius 2 is 2.11 bits per heavy atom. The van der Waals surface area contributed by atoms with Gasteiger partial charge in [0.05, 0.1) is 18.2 Å². The van der Waals surface area contributed by atoms with Crippen LogP contribution in [0.3, 0.4) is 0 Å². The van der Waals surface area contributed by atoms with Crippen LogP contribution in [0.2, 0.25) is 0 Å². The lowest BCUT2D eigenvalue weighted by molar-refractivity contribution is 0.572. The van der Waals surface area contributed by atoms with Gasteiger partial charge >= 0.3 is 0 Å². The molecule has 19 heavy (non-hydrogen) atoms. The number of halogens is 1. The van der Waals surface area contributed by atoms with Crippen LogP contribution in [0, 0.1) is 17.1 Å². The molecular formula is C14H15FN4. The van der Waals surface area contributed by atoms with Gasteiger partial charge in [-0.05, 0) is 12.1 Å². The van der Waals surface area contributed by atoms with Crippen molar-refractivity contribution in [3.8, 4) is 6.07 Å². The van der Waals surface area contributed by atoms with Crippen LogP contribution in [0.25, 0.3) is 0 Å². The van der Waals surface area contributed by atoms with Crippen LogP contribution in [0.15, 0.2) is 18.2 Å². The molecule has 4 nitrogen and oxygen atoms in total. The molecule has 98 valence electrons. The summed E-state index contributed by atoms with van der Waals surface area (Å²) in [5.74, 6) is 1.24. The van der Waals surface area contributed by atoms with Crippen LogP contribution in [0.5, 0.6) is 0 Å². The Bertz CT molecular complexity index is 625. The van der Waals surface area contributed by atoms with Crippen molar-refractivity contribution in [1.82, 2.24) is 14.8 Å². The average molecular weight is 258 g/mol. The molecule has 2 rings (SSSR count). The molecule has 0 spiro atoms. The van der Waals surface area contributed by atoms with Crippen molar-refractivity contribution in [3.63, 3.8) is 0 Å². The van der Waals surface area contributed by atoms with Crippen molar-refractivity contribution < 1.29 is 4.39 Å². The topological polar surface area (TPSA) is 54.5 Å². The van der Waals surface area contributed by atoms with Crippen molar-refractivity contribution in [2.45, 2.75) is 33.2 Å². The zero-order valence-corrected chi connectivity index (χ0v) is 11.0. The van der Waals surface area contributed by atoms with E-state index in [0.717, 1.165) is 24.5 Å². The van der Waals surface area contributed by atoms with Crippen molar-refractivity contribution in [3.05, 3.63) is 46.8 Å². The molecule has 0 unspecified atom stereocenters. The smallest absolute Gasteiger partial charge is 0.150 e. The fraction of sp³-hybridized carbons (Fsp3) is 0.357. The van der Waals surface area contributed by atoms with Crippen molar-refractivity contribution in [1.29, 1.82) is 5.26 Å². The third kappa shape index (κ3) is 2.79. The molecular weight excluding hydrogens is 243 g/mol. The second-order valence-electron chi connectivity index (χ2n) is 4.23. The van der Waals surface area contributed by atoms with E-state index in [0.29, 0.717) is 17.7 Å². The first-order chi connectivity index (χ1) is 9.17. The van der Waals surface area contributed by atoms with Gasteiger partial charge in [0.15, 0.2) is 5.82 Å². The molecule has 0 amide bonds. The minimum atomic E-state index is -0.380. The van der Waals surface area contributed by atoms with Gasteiger partial charge in [-0.2, -0.15) is 10.4 Å². The summed E-state index contributed by atoms with van der Waals surface area (Å²) in [6.07, 6.45) is 1.51. The van der Waals surface area contributed by atoms with Crippen LogP contribution >= 0.6 is 0 Å². The Hall–Kier alpha value is -2.22. The number of aryl methyl sites for hydroxylation is 2. The Kier molecular flexibility index (Phi) is 3.91. The number of hydrogen-bond acceptors (Lipinski definition) is 3. The lowest BCUT2D eigenvalue weighted by Gasteiger charge is -2.06. The minimum Gasteiger partial charge on any atom is -0.245 e. The Morgan fingerprint density at radius 1 is 1.32 bits per heavy atom. The third-order valence-electron chi connectivity index (χ3n) is 2.93. The molecule has 0 radical (unpaired) electrons. The highest BCUT2D eigenvalue weighted by molar-refractivity contribution is 5.33. The first kappa shape index (κ1) is 13.2. The van der Waals surface area contributed by atoms with Gasteiger partial charge < -0.3 is 0 Å². The normalized spacial score (nSPS) is 10.4. The highest BCUT2D eigenvalue weighted by Gasteiger charge is 2.10. The molecule has 1 aromatic carbocycles. The molecule has 0 aliphatic heterocycles. The van der Waals surface area contributed by atoms with Gasteiger partial charge in [-0.1, -0.05) is 19.9 Å². The SMILES string of the molecule is CCc1nc(CC)n(Cc2ccc(C#N)cc2F)n1. The lowest BCUT2D eigenvalue weighted by atomic mass is 10.1. The third-order valence-corrected chi connectivity index (χ3v) is 2.93. The summed E-state index contributed by atoms with van der Waals surface area (Å²) in [4.78, 5) is 4.38. The van der Waals surface area contributed by atoms with Crippen molar-refractivity contribution in [2.24, 2.45) is 0 Å². The Balaban J connectivity index is 2.31. The van der Waals surface area contributed by atoms with Gasteiger partial charge in [-0.3, -0.25) is 0 Å². The number of nitrogens with zero attached hydrogens (tertiary/aromatic N) is 4. The molecule has 1 aromatic heterocycles. The Morgan fingerprint density at radius 3 is 2.68 bits per heavy atom. The molecule has 0 aliphatic carbocycles. The molecule has 0 atom stereocenters.